The standard InChI is InChI=1S/C8H21NO2Si.CH5N/c1-4-8(10-5-2,11-6-3)12-7-9;1-2/h4-7,9,12H2,1-3H3;2H2,1H3. The first-order valence-electron chi connectivity index (χ1n) is 5.30. The van der Waals surface area contributed by atoms with Crippen LogP contribution in [0.5, 0.6) is 0 Å². The molecule has 0 aliphatic heterocycles. The predicted octanol–water partition coefficient (Wildman–Crippen LogP) is -0.217. The molecule has 0 radical (unpaired) electrons. The highest BCUT2D eigenvalue weighted by atomic mass is 28.2. The van der Waals surface area contributed by atoms with Crippen molar-refractivity contribution in [1.29, 1.82) is 0 Å². The lowest BCUT2D eigenvalue weighted by Crippen LogP contribution is -2.45. The van der Waals surface area contributed by atoms with E-state index in [1.807, 2.05) is 13.8 Å². The second kappa shape index (κ2) is 11.1. The summed E-state index contributed by atoms with van der Waals surface area (Å²) in [5.41, 5.74) is 9.76. The van der Waals surface area contributed by atoms with E-state index in [1.165, 1.54) is 7.05 Å². The van der Waals surface area contributed by atoms with Gasteiger partial charge in [-0.2, -0.15) is 0 Å². The molecule has 0 fully saturated rings. The molecule has 0 spiro atoms. The smallest absolute Gasteiger partial charge is 0.146 e. The highest BCUT2D eigenvalue weighted by molar-refractivity contribution is 6.39. The maximum absolute atomic E-state index is 5.62. The molecule has 0 saturated heterocycles. The van der Waals surface area contributed by atoms with Crippen LogP contribution in [-0.2, 0) is 9.47 Å². The number of rotatable bonds is 7. The zero-order chi connectivity index (χ0) is 11.4. The Kier molecular flexibility index (Phi) is 13.1. The van der Waals surface area contributed by atoms with Crippen LogP contribution in [0.1, 0.15) is 27.2 Å². The maximum Gasteiger partial charge on any atom is 0.146 e. The van der Waals surface area contributed by atoms with E-state index in [-0.39, 0.29) is 5.41 Å². The summed E-state index contributed by atoms with van der Waals surface area (Å²) in [4.78, 5) is 0. The third kappa shape index (κ3) is 6.50. The van der Waals surface area contributed by atoms with Crippen LogP contribution in [0.15, 0.2) is 0 Å². The van der Waals surface area contributed by atoms with Crippen LogP contribution in [0.2, 0.25) is 0 Å². The Bertz CT molecular complexity index is 98.0. The van der Waals surface area contributed by atoms with Gasteiger partial charge in [-0.05, 0) is 33.5 Å². The van der Waals surface area contributed by atoms with Crippen molar-refractivity contribution in [3.63, 3.8) is 0 Å². The second-order valence-electron chi connectivity index (χ2n) is 2.67. The van der Waals surface area contributed by atoms with Gasteiger partial charge in [0.15, 0.2) is 0 Å². The van der Waals surface area contributed by atoms with Gasteiger partial charge in [-0.15, -0.1) is 0 Å². The molecular formula is C9H26N2O2Si. The lowest BCUT2D eigenvalue weighted by molar-refractivity contribution is -0.176. The molecule has 4 nitrogen and oxygen atoms in total. The SMILES string of the molecule is CCOC(CC)(OCC)[SiH2]CN.CN. The van der Waals surface area contributed by atoms with Gasteiger partial charge in [-0.3, -0.25) is 0 Å². The minimum atomic E-state index is -0.460. The largest absolute Gasteiger partial charge is 0.355 e. The molecule has 0 aromatic carbocycles. The summed E-state index contributed by atoms with van der Waals surface area (Å²) in [6.45, 7) is 7.50. The third-order valence-corrected chi connectivity index (χ3v) is 3.84. The summed E-state index contributed by atoms with van der Waals surface area (Å²) in [5, 5.41) is 0. The monoisotopic (exact) mass is 222 g/mol. The summed E-state index contributed by atoms with van der Waals surface area (Å²) in [7, 11) is 1.04. The van der Waals surface area contributed by atoms with E-state index in [0.29, 0.717) is 13.2 Å². The lowest BCUT2D eigenvalue weighted by atomic mass is 10.4. The summed E-state index contributed by atoms with van der Waals surface area (Å²) in [5.74, 6) is 0. The molecule has 0 aromatic heterocycles. The molecule has 0 rings (SSSR count). The van der Waals surface area contributed by atoms with Gasteiger partial charge in [0.1, 0.15) is 14.9 Å². The van der Waals surface area contributed by atoms with Crippen molar-refractivity contribution >= 4 is 9.52 Å². The Balaban J connectivity index is 0. The average molecular weight is 222 g/mol. The quantitative estimate of drug-likeness (QED) is 0.462. The van der Waals surface area contributed by atoms with Crippen molar-refractivity contribution in [2.45, 2.75) is 32.6 Å². The fourth-order valence-electron chi connectivity index (χ4n) is 1.31. The predicted molar refractivity (Wildman–Crippen MR) is 64.0 cm³/mol. The van der Waals surface area contributed by atoms with Crippen LogP contribution in [0.3, 0.4) is 0 Å². The Morgan fingerprint density at radius 2 is 1.50 bits per heavy atom. The van der Waals surface area contributed by atoms with Crippen LogP contribution in [0.4, 0.5) is 0 Å². The van der Waals surface area contributed by atoms with Crippen LogP contribution < -0.4 is 11.5 Å². The first-order chi connectivity index (χ1) is 6.74. The van der Waals surface area contributed by atoms with E-state index in [2.05, 4.69) is 12.7 Å². The molecule has 4 N–H and O–H groups in total. The molecule has 0 unspecified atom stereocenters. The second-order valence-corrected chi connectivity index (χ2v) is 4.82. The van der Waals surface area contributed by atoms with E-state index in [4.69, 9.17) is 15.2 Å². The van der Waals surface area contributed by atoms with E-state index < -0.39 is 9.52 Å². The molecule has 0 saturated carbocycles. The zero-order valence-corrected chi connectivity index (χ0v) is 11.4. The van der Waals surface area contributed by atoms with Crippen LogP contribution in [-0.4, -0.2) is 41.4 Å². The van der Waals surface area contributed by atoms with Gasteiger partial charge in [0.2, 0.25) is 0 Å². The van der Waals surface area contributed by atoms with Crippen LogP contribution in [0.25, 0.3) is 0 Å². The zero-order valence-electron chi connectivity index (χ0n) is 10.0. The Morgan fingerprint density at radius 3 is 1.71 bits per heavy atom. The normalized spacial score (nSPS) is 11.6. The third-order valence-electron chi connectivity index (χ3n) is 1.88. The van der Waals surface area contributed by atoms with Gasteiger partial charge in [-0.25, -0.2) is 0 Å². The van der Waals surface area contributed by atoms with Gasteiger partial charge in [0.05, 0.1) is 0 Å². The molecule has 5 heteroatoms. The highest BCUT2D eigenvalue weighted by Crippen LogP contribution is 2.15. The first-order valence-corrected chi connectivity index (χ1v) is 7.01. The van der Waals surface area contributed by atoms with Crippen molar-refractivity contribution in [3.05, 3.63) is 0 Å². The minimum absolute atomic E-state index is 0.293. The molecule has 0 bridgehead atoms. The molecule has 0 heterocycles. The van der Waals surface area contributed by atoms with E-state index >= 15 is 0 Å². The Morgan fingerprint density at radius 1 is 1.07 bits per heavy atom. The lowest BCUT2D eigenvalue weighted by Gasteiger charge is -2.31. The van der Waals surface area contributed by atoms with Gasteiger partial charge >= 0.3 is 0 Å². The minimum Gasteiger partial charge on any atom is -0.355 e. The number of hydrogen-bond acceptors (Lipinski definition) is 4. The van der Waals surface area contributed by atoms with Crippen molar-refractivity contribution in [3.8, 4) is 0 Å². The van der Waals surface area contributed by atoms with E-state index in [9.17, 15) is 0 Å². The van der Waals surface area contributed by atoms with Gasteiger partial charge in [0.25, 0.3) is 0 Å². The van der Waals surface area contributed by atoms with E-state index in [0.717, 1.165) is 12.6 Å². The summed E-state index contributed by atoms with van der Waals surface area (Å²) < 4.78 is 11.2. The van der Waals surface area contributed by atoms with Crippen molar-refractivity contribution in [2.75, 3.05) is 26.4 Å². The molecule has 14 heavy (non-hydrogen) atoms. The topological polar surface area (TPSA) is 70.5 Å². The maximum atomic E-state index is 5.62. The van der Waals surface area contributed by atoms with Gasteiger partial charge in [-0.1, -0.05) is 6.92 Å². The molecule has 0 aliphatic carbocycles. The fraction of sp³-hybridized carbons (Fsp3) is 1.00. The molecule has 88 valence electrons. The molecule has 0 amide bonds. The Hall–Kier alpha value is 0.0569. The first kappa shape index (κ1) is 16.5. The fourth-order valence-corrected chi connectivity index (χ4v) is 2.80. The van der Waals surface area contributed by atoms with E-state index in [1.54, 1.807) is 0 Å². The summed E-state index contributed by atoms with van der Waals surface area (Å²) in [6, 6.07) is 0. The summed E-state index contributed by atoms with van der Waals surface area (Å²) >= 11 is 0. The van der Waals surface area contributed by atoms with Crippen LogP contribution >= 0.6 is 0 Å². The van der Waals surface area contributed by atoms with Crippen LogP contribution in [0, 0.1) is 0 Å². The number of hydrogen-bond donors (Lipinski definition) is 2. The van der Waals surface area contributed by atoms with Crippen molar-refractivity contribution in [1.82, 2.24) is 0 Å². The highest BCUT2D eigenvalue weighted by Gasteiger charge is 2.27. The number of ether oxygens (including phenoxy) is 2. The average Bonchev–Trinajstić information content (AvgIpc) is 2.22. The molecule has 0 aromatic rings. The Labute approximate surface area is 90.1 Å². The molecule has 0 atom stereocenters. The van der Waals surface area contributed by atoms with Crippen molar-refractivity contribution < 1.29 is 9.47 Å². The van der Waals surface area contributed by atoms with Gasteiger partial charge in [0, 0.05) is 13.2 Å². The number of nitrogens with two attached hydrogens (primary N) is 2. The molecular weight excluding hydrogens is 196 g/mol. The van der Waals surface area contributed by atoms with Gasteiger partial charge < -0.3 is 20.9 Å². The molecule has 0 aliphatic rings. The summed E-state index contributed by atoms with van der Waals surface area (Å²) in [6.07, 6.45) is 1.66. The van der Waals surface area contributed by atoms with Crippen molar-refractivity contribution in [2.24, 2.45) is 11.5 Å².